The molecular formula is C16H28N2. The molecule has 1 aromatic rings. The summed E-state index contributed by atoms with van der Waals surface area (Å²) in [6, 6.07) is 9.29. The lowest BCUT2D eigenvalue weighted by atomic mass is 9.92. The van der Waals surface area contributed by atoms with Crippen molar-refractivity contribution in [2.75, 3.05) is 18.5 Å². The molecule has 1 unspecified atom stereocenters. The predicted molar refractivity (Wildman–Crippen MR) is 81.1 cm³/mol. The molecule has 2 heteroatoms. The minimum Gasteiger partial charge on any atom is -0.370 e. The molecule has 0 aliphatic carbocycles. The van der Waals surface area contributed by atoms with Crippen LogP contribution < -0.4 is 10.6 Å². The van der Waals surface area contributed by atoms with E-state index in [-0.39, 0.29) is 0 Å². The SMILES string of the molecule is CCc1ccc(N(C)C(CN)C(CC)CC)cc1. The third-order valence-corrected chi connectivity index (χ3v) is 4.08. The van der Waals surface area contributed by atoms with E-state index in [9.17, 15) is 0 Å². The van der Waals surface area contributed by atoms with Crippen LogP contribution in [0.15, 0.2) is 24.3 Å². The van der Waals surface area contributed by atoms with Crippen molar-refractivity contribution in [2.45, 2.75) is 46.1 Å². The van der Waals surface area contributed by atoms with Gasteiger partial charge in [-0.05, 0) is 30.0 Å². The molecule has 0 fully saturated rings. The van der Waals surface area contributed by atoms with Crippen LogP contribution in [0.1, 0.15) is 39.2 Å². The smallest absolute Gasteiger partial charge is 0.0437 e. The van der Waals surface area contributed by atoms with Gasteiger partial charge in [-0.25, -0.2) is 0 Å². The van der Waals surface area contributed by atoms with Gasteiger partial charge < -0.3 is 10.6 Å². The molecule has 0 amide bonds. The molecule has 0 aromatic heterocycles. The first-order valence-corrected chi connectivity index (χ1v) is 7.19. The van der Waals surface area contributed by atoms with Crippen LogP contribution in [0.25, 0.3) is 0 Å². The van der Waals surface area contributed by atoms with Gasteiger partial charge in [-0.15, -0.1) is 0 Å². The Kier molecular flexibility index (Phi) is 6.20. The molecule has 18 heavy (non-hydrogen) atoms. The number of likely N-dealkylation sites (N-methyl/N-ethyl adjacent to an activating group) is 1. The van der Waals surface area contributed by atoms with Crippen molar-refractivity contribution in [2.24, 2.45) is 11.7 Å². The molecule has 0 saturated heterocycles. The summed E-state index contributed by atoms with van der Waals surface area (Å²) in [5.74, 6) is 0.672. The summed E-state index contributed by atoms with van der Waals surface area (Å²) >= 11 is 0. The summed E-state index contributed by atoms with van der Waals surface area (Å²) in [5.41, 5.74) is 8.64. The van der Waals surface area contributed by atoms with Crippen molar-refractivity contribution in [1.29, 1.82) is 0 Å². The maximum Gasteiger partial charge on any atom is 0.0437 e. The molecule has 0 aliphatic rings. The minimum absolute atomic E-state index is 0.437. The predicted octanol–water partition coefficient (Wildman–Crippen LogP) is 3.45. The zero-order chi connectivity index (χ0) is 13.5. The first-order chi connectivity index (χ1) is 8.67. The Morgan fingerprint density at radius 2 is 1.61 bits per heavy atom. The van der Waals surface area contributed by atoms with Gasteiger partial charge in [-0.1, -0.05) is 45.7 Å². The van der Waals surface area contributed by atoms with Gasteiger partial charge >= 0.3 is 0 Å². The number of benzene rings is 1. The molecule has 1 aromatic carbocycles. The van der Waals surface area contributed by atoms with E-state index in [0.717, 1.165) is 13.0 Å². The zero-order valence-corrected chi connectivity index (χ0v) is 12.3. The maximum absolute atomic E-state index is 5.98. The summed E-state index contributed by atoms with van der Waals surface area (Å²) < 4.78 is 0. The highest BCUT2D eigenvalue weighted by atomic mass is 15.1. The lowest BCUT2D eigenvalue weighted by Crippen LogP contribution is -2.43. The summed E-state index contributed by atoms with van der Waals surface area (Å²) in [4.78, 5) is 2.34. The molecule has 0 bridgehead atoms. The van der Waals surface area contributed by atoms with Crippen molar-refractivity contribution >= 4 is 5.69 Å². The van der Waals surface area contributed by atoms with E-state index in [1.807, 2.05) is 0 Å². The number of nitrogens with zero attached hydrogens (tertiary/aromatic N) is 1. The van der Waals surface area contributed by atoms with Gasteiger partial charge in [0.15, 0.2) is 0 Å². The average molecular weight is 248 g/mol. The van der Waals surface area contributed by atoms with E-state index in [0.29, 0.717) is 12.0 Å². The van der Waals surface area contributed by atoms with Gasteiger partial charge in [0.05, 0.1) is 0 Å². The molecule has 2 nitrogen and oxygen atoms in total. The molecular weight excluding hydrogens is 220 g/mol. The summed E-state index contributed by atoms with van der Waals surface area (Å²) in [7, 11) is 2.16. The average Bonchev–Trinajstić information content (AvgIpc) is 2.44. The Balaban J connectivity index is 2.84. The van der Waals surface area contributed by atoms with Gasteiger partial charge in [0.25, 0.3) is 0 Å². The number of hydrogen-bond donors (Lipinski definition) is 1. The minimum atomic E-state index is 0.437. The second-order valence-corrected chi connectivity index (χ2v) is 5.01. The van der Waals surface area contributed by atoms with Crippen molar-refractivity contribution < 1.29 is 0 Å². The van der Waals surface area contributed by atoms with Crippen LogP contribution >= 0.6 is 0 Å². The third kappa shape index (κ3) is 3.49. The van der Waals surface area contributed by atoms with E-state index in [1.165, 1.54) is 24.1 Å². The zero-order valence-electron chi connectivity index (χ0n) is 12.3. The second kappa shape index (κ2) is 7.42. The topological polar surface area (TPSA) is 29.3 Å². The van der Waals surface area contributed by atoms with Crippen molar-refractivity contribution in [3.8, 4) is 0 Å². The van der Waals surface area contributed by atoms with Gasteiger partial charge in [0, 0.05) is 25.3 Å². The summed E-state index contributed by atoms with van der Waals surface area (Å²) in [6.45, 7) is 7.42. The van der Waals surface area contributed by atoms with E-state index in [2.05, 4.69) is 57.0 Å². The summed E-state index contributed by atoms with van der Waals surface area (Å²) in [5, 5.41) is 0. The van der Waals surface area contributed by atoms with Gasteiger partial charge in [0.2, 0.25) is 0 Å². The highest BCUT2D eigenvalue weighted by Gasteiger charge is 2.21. The normalized spacial score (nSPS) is 12.8. The lowest BCUT2D eigenvalue weighted by molar-refractivity contribution is 0.389. The fraction of sp³-hybridized carbons (Fsp3) is 0.625. The molecule has 0 saturated carbocycles. The summed E-state index contributed by atoms with van der Waals surface area (Å²) in [6.07, 6.45) is 3.47. The fourth-order valence-electron chi connectivity index (χ4n) is 2.66. The van der Waals surface area contributed by atoms with Crippen LogP contribution in [0.5, 0.6) is 0 Å². The molecule has 102 valence electrons. The van der Waals surface area contributed by atoms with Gasteiger partial charge in [-0.2, -0.15) is 0 Å². The Hall–Kier alpha value is -1.02. The number of anilines is 1. The molecule has 1 atom stereocenters. The second-order valence-electron chi connectivity index (χ2n) is 5.01. The van der Waals surface area contributed by atoms with Crippen LogP contribution in [0.2, 0.25) is 0 Å². The Labute approximate surface area is 112 Å². The van der Waals surface area contributed by atoms with E-state index in [1.54, 1.807) is 0 Å². The van der Waals surface area contributed by atoms with E-state index < -0.39 is 0 Å². The Bertz CT molecular complexity index is 327. The number of aryl methyl sites for hydroxylation is 1. The molecule has 0 radical (unpaired) electrons. The number of nitrogens with two attached hydrogens (primary N) is 1. The third-order valence-electron chi connectivity index (χ3n) is 4.08. The molecule has 0 aliphatic heterocycles. The fourth-order valence-corrected chi connectivity index (χ4v) is 2.66. The highest BCUT2D eigenvalue weighted by molar-refractivity contribution is 5.48. The van der Waals surface area contributed by atoms with Gasteiger partial charge in [0.1, 0.15) is 0 Å². The Morgan fingerprint density at radius 1 is 1.06 bits per heavy atom. The lowest BCUT2D eigenvalue weighted by Gasteiger charge is -2.34. The molecule has 0 spiro atoms. The largest absolute Gasteiger partial charge is 0.370 e. The Morgan fingerprint density at radius 3 is 2.00 bits per heavy atom. The van der Waals surface area contributed by atoms with Crippen LogP contribution in [0, 0.1) is 5.92 Å². The van der Waals surface area contributed by atoms with Crippen LogP contribution in [-0.4, -0.2) is 19.6 Å². The quantitative estimate of drug-likeness (QED) is 0.801. The van der Waals surface area contributed by atoms with Crippen LogP contribution in [0.3, 0.4) is 0 Å². The highest BCUT2D eigenvalue weighted by Crippen LogP contribution is 2.23. The standard InChI is InChI=1S/C16H28N2/c1-5-13-8-10-15(11-9-13)18(4)16(12-17)14(6-2)7-3/h8-11,14,16H,5-7,12,17H2,1-4H3. The van der Waals surface area contributed by atoms with E-state index in [4.69, 9.17) is 5.73 Å². The monoisotopic (exact) mass is 248 g/mol. The van der Waals surface area contributed by atoms with Crippen LogP contribution in [0.4, 0.5) is 5.69 Å². The number of rotatable bonds is 7. The van der Waals surface area contributed by atoms with Gasteiger partial charge in [-0.3, -0.25) is 0 Å². The molecule has 1 rings (SSSR count). The van der Waals surface area contributed by atoms with Crippen molar-refractivity contribution in [3.05, 3.63) is 29.8 Å². The van der Waals surface area contributed by atoms with Crippen molar-refractivity contribution in [1.82, 2.24) is 0 Å². The van der Waals surface area contributed by atoms with E-state index >= 15 is 0 Å². The number of hydrogen-bond acceptors (Lipinski definition) is 2. The first kappa shape index (κ1) is 15.0. The first-order valence-electron chi connectivity index (χ1n) is 7.19. The van der Waals surface area contributed by atoms with Crippen molar-refractivity contribution in [3.63, 3.8) is 0 Å². The van der Waals surface area contributed by atoms with Crippen LogP contribution in [-0.2, 0) is 6.42 Å². The molecule has 0 heterocycles. The molecule has 2 N–H and O–H groups in total. The maximum atomic E-state index is 5.98.